The summed E-state index contributed by atoms with van der Waals surface area (Å²) in [7, 11) is 1.48. The number of hydrogen-bond acceptors (Lipinski definition) is 6. The van der Waals surface area contributed by atoms with E-state index in [9.17, 15) is 23.4 Å². The molecule has 0 spiro atoms. The molecule has 0 bridgehead atoms. The summed E-state index contributed by atoms with van der Waals surface area (Å²) >= 11 is 0. The van der Waals surface area contributed by atoms with Crippen LogP contribution in [0.4, 0.5) is 19.0 Å². The second-order valence-corrected chi connectivity index (χ2v) is 6.82. The zero-order valence-electron chi connectivity index (χ0n) is 18.5. The fraction of sp³-hybridized carbons (Fsp3) is 0.545. The molecule has 174 valence electrons. The van der Waals surface area contributed by atoms with Gasteiger partial charge in [0.25, 0.3) is 0 Å². The van der Waals surface area contributed by atoms with Gasteiger partial charge in [0.1, 0.15) is 5.82 Å². The van der Waals surface area contributed by atoms with Gasteiger partial charge in [-0.3, -0.25) is 9.88 Å². The Labute approximate surface area is 182 Å². The molecule has 6 nitrogen and oxygen atoms in total. The third-order valence-corrected chi connectivity index (χ3v) is 4.80. The van der Waals surface area contributed by atoms with Gasteiger partial charge in [-0.15, -0.1) is 0 Å². The highest BCUT2D eigenvalue weighted by Crippen LogP contribution is 2.27. The molecular weight excluding hydrogens is 409 g/mol. The van der Waals surface area contributed by atoms with Crippen molar-refractivity contribution in [3.8, 4) is 0 Å². The lowest BCUT2D eigenvalue weighted by molar-refractivity contribution is -0.141. The van der Waals surface area contributed by atoms with Crippen molar-refractivity contribution in [3.63, 3.8) is 0 Å². The van der Waals surface area contributed by atoms with Crippen LogP contribution in [0.2, 0.25) is 0 Å². The molecule has 1 fully saturated rings. The Balaban J connectivity index is 0.000000303. The molecule has 0 aliphatic carbocycles. The van der Waals surface area contributed by atoms with Crippen molar-refractivity contribution in [1.82, 2.24) is 14.9 Å². The molecule has 1 saturated heterocycles. The van der Waals surface area contributed by atoms with Crippen LogP contribution in [0.5, 0.6) is 0 Å². The van der Waals surface area contributed by atoms with Gasteiger partial charge in [0.05, 0.1) is 24.6 Å². The molecule has 3 N–H and O–H groups in total. The summed E-state index contributed by atoms with van der Waals surface area (Å²) in [4.78, 5) is 8.91. The van der Waals surface area contributed by atoms with Gasteiger partial charge in [0.15, 0.2) is 5.69 Å². The number of aliphatic hydroxyl groups is 2. The quantitative estimate of drug-likeness (QED) is 0.665. The average molecular weight is 443 g/mol. The molecule has 3 rings (SSSR count). The van der Waals surface area contributed by atoms with E-state index in [-0.39, 0.29) is 11.9 Å². The Morgan fingerprint density at radius 1 is 1.13 bits per heavy atom. The zero-order chi connectivity index (χ0) is 23.4. The largest absolute Gasteiger partial charge is 0.434 e. The minimum atomic E-state index is -4.43. The molecule has 9 heteroatoms. The molecule has 0 radical (unpaired) electrons. The summed E-state index contributed by atoms with van der Waals surface area (Å²) in [6.45, 7) is 7.76. The Bertz CT molecular complexity index is 747. The lowest BCUT2D eigenvalue weighted by atomic mass is 9.93. The van der Waals surface area contributed by atoms with Crippen LogP contribution in [-0.4, -0.2) is 56.9 Å². The maximum absolute atomic E-state index is 12.0. The summed E-state index contributed by atoms with van der Waals surface area (Å²) in [5.74, 6) is 0.102. The number of hydrogen-bond donors (Lipinski definition) is 3. The maximum Gasteiger partial charge on any atom is 0.434 e. The van der Waals surface area contributed by atoms with Crippen LogP contribution in [0, 0.1) is 0 Å². The van der Waals surface area contributed by atoms with Crippen molar-refractivity contribution >= 4 is 5.82 Å². The molecule has 1 aliphatic heterocycles. The zero-order valence-corrected chi connectivity index (χ0v) is 18.5. The van der Waals surface area contributed by atoms with Crippen LogP contribution in [0.15, 0.2) is 42.7 Å². The molecule has 3 unspecified atom stereocenters. The predicted molar refractivity (Wildman–Crippen MR) is 115 cm³/mol. The van der Waals surface area contributed by atoms with Crippen LogP contribution in [0.1, 0.15) is 44.9 Å². The second kappa shape index (κ2) is 13.2. The summed E-state index contributed by atoms with van der Waals surface area (Å²) in [5.41, 5.74) is 0.267. The van der Waals surface area contributed by atoms with E-state index in [1.807, 2.05) is 32.0 Å². The summed E-state index contributed by atoms with van der Waals surface area (Å²) in [5, 5.41) is 22.1. The van der Waals surface area contributed by atoms with Crippen LogP contribution in [0.3, 0.4) is 0 Å². The minimum absolute atomic E-state index is 0.0685. The van der Waals surface area contributed by atoms with E-state index in [2.05, 4.69) is 39.2 Å². The fourth-order valence-electron chi connectivity index (χ4n) is 3.24. The van der Waals surface area contributed by atoms with E-state index < -0.39 is 24.1 Å². The second-order valence-electron chi connectivity index (χ2n) is 6.82. The number of aliphatic hydroxyl groups excluding tert-OH is 2. The third kappa shape index (κ3) is 8.43. The number of aromatic nitrogens is 2. The van der Waals surface area contributed by atoms with Crippen molar-refractivity contribution in [1.29, 1.82) is 0 Å². The van der Waals surface area contributed by atoms with Gasteiger partial charge in [0.2, 0.25) is 0 Å². The first-order valence-electron chi connectivity index (χ1n) is 10.5. The summed E-state index contributed by atoms with van der Waals surface area (Å²) in [6, 6.07) is 10.3. The van der Waals surface area contributed by atoms with E-state index in [0.29, 0.717) is 12.6 Å². The number of alkyl halides is 3. The van der Waals surface area contributed by atoms with Gasteiger partial charge >= 0.3 is 6.18 Å². The van der Waals surface area contributed by atoms with Gasteiger partial charge in [-0.1, -0.05) is 51.1 Å². The lowest BCUT2D eigenvalue weighted by Gasteiger charge is -2.41. The highest BCUT2D eigenvalue weighted by molar-refractivity contribution is 5.30. The Morgan fingerprint density at radius 2 is 1.77 bits per heavy atom. The monoisotopic (exact) mass is 442 g/mol. The fourth-order valence-corrected chi connectivity index (χ4v) is 3.24. The number of likely N-dealkylation sites (tertiary alicyclic amines) is 1. The predicted octanol–water partition coefficient (Wildman–Crippen LogP) is 3.96. The SMILES string of the molecule is CC.CCC1C(O)C(O)CCN1Cc1ccccc1.CNc1cncc(C(F)(F)F)n1. The van der Waals surface area contributed by atoms with Crippen molar-refractivity contribution in [3.05, 3.63) is 54.0 Å². The molecule has 1 aromatic carbocycles. The van der Waals surface area contributed by atoms with Crippen molar-refractivity contribution in [2.75, 3.05) is 18.9 Å². The molecule has 31 heavy (non-hydrogen) atoms. The van der Waals surface area contributed by atoms with Gasteiger partial charge in [-0.05, 0) is 18.4 Å². The molecule has 2 heterocycles. The Kier molecular flexibility index (Phi) is 11.4. The van der Waals surface area contributed by atoms with E-state index in [4.69, 9.17) is 0 Å². The van der Waals surface area contributed by atoms with E-state index >= 15 is 0 Å². The third-order valence-electron chi connectivity index (χ3n) is 4.80. The topological polar surface area (TPSA) is 81.5 Å². The highest BCUT2D eigenvalue weighted by Gasteiger charge is 2.34. The molecule has 1 aromatic heterocycles. The normalized spacial score (nSPS) is 21.3. The number of nitrogens with zero attached hydrogens (tertiary/aromatic N) is 3. The molecule has 3 atom stereocenters. The molecule has 1 aliphatic rings. The standard InChI is InChI=1S/C14H21NO2.C6H6F3N3.C2H6/c1-2-12-14(17)13(16)8-9-15(12)10-11-6-4-3-5-7-11;1-10-5-3-11-2-4(12-5)6(7,8)9;1-2/h3-7,12-14,16-17H,2,8-10H2,1H3;2-3H,1H3,(H,10,12);1-2H3. The van der Waals surface area contributed by atoms with Crippen LogP contribution in [-0.2, 0) is 12.7 Å². The molecular formula is C22H33F3N4O2. The van der Waals surface area contributed by atoms with Gasteiger partial charge in [0, 0.05) is 26.2 Å². The Morgan fingerprint density at radius 3 is 2.32 bits per heavy atom. The van der Waals surface area contributed by atoms with Crippen LogP contribution in [0.25, 0.3) is 0 Å². The number of benzene rings is 1. The molecule has 0 saturated carbocycles. The number of nitrogens with one attached hydrogen (secondary N) is 1. The van der Waals surface area contributed by atoms with E-state index in [0.717, 1.165) is 19.5 Å². The molecule has 2 aromatic rings. The van der Waals surface area contributed by atoms with Crippen LogP contribution >= 0.6 is 0 Å². The van der Waals surface area contributed by atoms with E-state index in [1.54, 1.807) is 0 Å². The van der Waals surface area contributed by atoms with Crippen LogP contribution < -0.4 is 5.32 Å². The van der Waals surface area contributed by atoms with Crippen molar-refractivity contribution < 1.29 is 23.4 Å². The summed E-state index contributed by atoms with van der Waals surface area (Å²) in [6.07, 6.45) is -2.18. The smallest absolute Gasteiger partial charge is 0.390 e. The van der Waals surface area contributed by atoms with Crippen molar-refractivity contribution in [2.24, 2.45) is 0 Å². The lowest BCUT2D eigenvalue weighted by Crippen LogP contribution is -2.53. The van der Waals surface area contributed by atoms with Crippen molar-refractivity contribution in [2.45, 2.75) is 64.6 Å². The first kappa shape index (κ1) is 26.8. The number of piperidine rings is 1. The maximum atomic E-state index is 12.0. The Hall–Kier alpha value is -2.23. The number of halogens is 3. The van der Waals surface area contributed by atoms with E-state index in [1.165, 1.54) is 18.8 Å². The number of rotatable bonds is 4. The van der Waals surface area contributed by atoms with Gasteiger partial charge in [-0.2, -0.15) is 13.2 Å². The first-order valence-corrected chi connectivity index (χ1v) is 10.5. The minimum Gasteiger partial charge on any atom is -0.390 e. The highest BCUT2D eigenvalue weighted by atomic mass is 19.4. The number of anilines is 1. The summed E-state index contributed by atoms with van der Waals surface area (Å²) < 4.78 is 35.9. The molecule has 0 amide bonds. The van der Waals surface area contributed by atoms with Gasteiger partial charge in [-0.25, -0.2) is 4.98 Å². The first-order chi connectivity index (χ1) is 14.8. The average Bonchev–Trinajstić information content (AvgIpc) is 2.78. The van der Waals surface area contributed by atoms with Gasteiger partial charge < -0.3 is 15.5 Å².